The molecule has 0 spiro atoms. The number of piperidine rings is 1. The molecule has 1 fully saturated rings. The summed E-state index contributed by atoms with van der Waals surface area (Å²) in [5, 5.41) is 11.3. The Morgan fingerprint density at radius 1 is 1.43 bits per heavy atom. The number of nitrogens with two attached hydrogens (primary N) is 1. The highest BCUT2D eigenvalue weighted by Crippen LogP contribution is 2.14. The minimum absolute atomic E-state index is 0.496. The Balaban J connectivity index is 1.92. The molecule has 14 heavy (non-hydrogen) atoms. The zero-order valence-corrected chi connectivity index (χ0v) is 8.24. The second-order valence-corrected chi connectivity index (χ2v) is 3.87. The first-order chi connectivity index (χ1) is 6.84. The molecule has 76 valence electrons. The zero-order chi connectivity index (χ0) is 9.80. The lowest BCUT2D eigenvalue weighted by molar-refractivity contribution is 0.373. The summed E-state index contributed by atoms with van der Waals surface area (Å²) >= 11 is 0. The maximum Gasteiger partial charge on any atom is 0.146 e. The van der Waals surface area contributed by atoms with Crippen LogP contribution in [0.4, 0.5) is 5.82 Å². The molecule has 1 atom stereocenters. The first-order valence-electron chi connectivity index (χ1n) is 5.13. The largest absolute Gasteiger partial charge is 0.382 e. The summed E-state index contributed by atoms with van der Waals surface area (Å²) in [7, 11) is 0. The van der Waals surface area contributed by atoms with Crippen LogP contribution in [0, 0.1) is 5.92 Å². The van der Waals surface area contributed by atoms with Crippen molar-refractivity contribution in [2.45, 2.75) is 19.3 Å². The van der Waals surface area contributed by atoms with E-state index < -0.39 is 0 Å². The van der Waals surface area contributed by atoms with Crippen LogP contribution in [0.15, 0.2) is 12.1 Å². The third-order valence-electron chi connectivity index (χ3n) is 2.64. The van der Waals surface area contributed by atoms with Gasteiger partial charge in [-0.2, -0.15) is 5.10 Å². The van der Waals surface area contributed by atoms with Gasteiger partial charge in [0, 0.05) is 0 Å². The van der Waals surface area contributed by atoms with Crippen molar-refractivity contribution in [1.29, 1.82) is 0 Å². The van der Waals surface area contributed by atoms with E-state index in [4.69, 9.17) is 5.73 Å². The fourth-order valence-corrected chi connectivity index (χ4v) is 1.87. The van der Waals surface area contributed by atoms with E-state index in [-0.39, 0.29) is 0 Å². The van der Waals surface area contributed by atoms with Crippen LogP contribution in [0.2, 0.25) is 0 Å². The van der Waals surface area contributed by atoms with Crippen LogP contribution >= 0.6 is 0 Å². The summed E-state index contributed by atoms with van der Waals surface area (Å²) < 4.78 is 0. The molecule has 0 saturated carbocycles. The molecule has 1 unspecified atom stereocenters. The van der Waals surface area contributed by atoms with Gasteiger partial charge in [-0.3, -0.25) is 0 Å². The second-order valence-electron chi connectivity index (χ2n) is 3.87. The number of hydrogen-bond donors (Lipinski definition) is 2. The SMILES string of the molecule is Nc1ccc(CC2CCCNC2)nn1. The molecule has 1 aromatic rings. The van der Waals surface area contributed by atoms with Crippen molar-refractivity contribution in [3.8, 4) is 0 Å². The van der Waals surface area contributed by atoms with E-state index in [1.165, 1.54) is 12.8 Å². The molecule has 0 amide bonds. The predicted molar refractivity (Wildman–Crippen MR) is 55.7 cm³/mol. The van der Waals surface area contributed by atoms with Crippen molar-refractivity contribution in [3.05, 3.63) is 17.8 Å². The molecule has 4 heteroatoms. The molecule has 1 aliphatic rings. The van der Waals surface area contributed by atoms with Crippen LogP contribution in [0.1, 0.15) is 18.5 Å². The topological polar surface area (TPSA) is 63.8 Å². The van der Waals surface area contributed by atoms with E-state index in [9.17, 15) is 0 Å². The molecule has 4 nitrogen and oxygen atoms in total. The van der Waals surface area contributed by atoms with E-state index >= 15 is 0 Å². The Hall–Kier alpha value is -1.16. The number of hydrogen-bond acceptors (Lipinski definition) is 4. The predicted octanol–water partition coefficient (Wildman–Crippen LogP) is 0.601. The minimum atomic E-state index is 0.496. The van der Waals surface area contributed by atoms with Crippen molar-refractivity contribution in [2.24, 2.45) is 5.92 Å². The third kappa shape index (κ3) is 2.42. The molecular formula is C10H16N4. The van der Waals surface area contributed by atoms with Crippen LogP contribution in [0.25, 0.3) is 0 Å². The van der Waals surface area contributed by atoms with Gasteiger partial charge in [0.1, 0.15) is 5.82 Å². The Morgan fingerprint density at radius 3 is 3.00 bits per heavy atom. The fraction of sp³-hybridized carbons (Fsp3) is 0.600. The zero-order valence-electron chi connectivity index (χ0n) is 8.24. The summed E-state index contributed by atoms with van der Waals surface area (Å²) in [5.74, 6) is 1.21. The first kappa shape index (κ1) is 9.40. The maximum atomic E-state index is 5.47. The smallest absolute Gasteiger partial charge is 0.146 e. The molecule has 1 aromatic heterocycles. The van der Waals surface area contributed by atoms with Crippen molar-refractivity contribution in [2.75, 3.05) is 18.8 Å². The highest BCUT2D eigenvalue weighted by Gasteiger charge is 2.13. The van der Waals surface area contributed by atoms with Crippen molar-refractivity contribution in [1.82, 2.24) is 15.5 Å². The van der Waals surface area contributed by atoms with E-state index in [1.54, 1.807) is 0 Å². The molecule has 0 radical (unpaired) electrons. The average molecular weight is 192 g/mol. The van der Waals surface area contributed by atoms with Gasteiger partial charge in [-0.1, -0.05) is 0 Å². The third-order valence-corrected chi connectivity index (χ3v) is 2.64. The van der Waals surface area contributed by atoms with Gasteiger partial charge in [-0.15, -0.1) is 5.10 Å². The van der Waals surface area contributed by atoms with Gasteiger partial charge in [0.2, 0.25) is 0 Å². The van der Waals surface area contributed by atoms with Crippen LogP contribution in [0.5, 0.6) is 0 Å². The lowest BCUT2D eigenvalue weighted by atomic mass is 9.95. The van der Waals surface area contributed by atoms with Crippen LogP contribution < -0.4 is 11.1 Å². The Kier molecular flexibility index (Phi) is 2.93. The highest BCUT2D eigenvalue weighted by molar-refractivity contribution is 5.25. The summed E-state index contributed by atoms with van der Waals surface area (Å²) in [6.45, 7) is 2.26. The van der Waals surface area contributed by atoms with Crippen LogP contribution in [-0.2, 0) is 6.42 Å². The van der Waals surface area contributed by atoms with Crippen LogP contribution in [-0.4, -0.2) is 23.3 Å². The van der Waals surface area contributed by atoms with E-state index in [1.807, 2.05) is 12.1 Å². The Labute approximate surface area is 83.9 Å². The standard InChI is InChI=1S/C10H16N4/c11-10-4-3-9(13-14-10)6-8-2-1-5-12-7-8/h3-4,8,12H,1-2,5-7H2,(H2,11,14). The van der Waals surface area contributed by atoms with Gasteiger partial charge in [0.25, 0.3) is 0 Å². The number of nitrogens with one attached hydrogen (secondary N) is 1. The molecule has 1 saturated heterocycles. The molecular weight excluding hydrogens is 176 g/mol. The van der Waals surface area contributed by atoms with Crippen LogP contribution in [0.3, 0.4) is 0 Å². The van der Waals surface area contributed by atoms with Crippen molar-refractivity contribution in [3.63, 3.8) is 0 Å². The molecule has 0 aromatic carbocycles. The van der Waals surface area contributed by atoms with Gasteiger partial charge in [-0.25, -0.2) is 0 Å². The Bertz CT molecular complexity index is 277. The Morgan fingerprint density at radius 2 is 2.36 bits per heavy atom. The highest BCUT2D eigenvalue weighted by atomic mass is 15.1. The van der Waals surface area contributed by atoms with Crippen molar-refractivity contribution >= 4 is 5.82 Å². The molecule has 2 rings (SSSR count). The first-order valence-corrected chi connectivity index (χ1v) is 5.13. The fourth-order valence-electron chi connectivity index (χ4n) is 1.87. The molecule has 1 aliphatic heterocycles. The molecule has 0 aliphatic carbocycles. The number of nitrogen functional groups attached to an aromatic ring is 1. The minimum Gasteiger partial charge on any atom is -0.382 e. The quantitative estimate of drug-likeness (QED) is 0.720. The lowest BCUT2D eigenvalue weighted by Crippen LogP contribution is -2.31. The summed E-state index contributed by atoms with van der Waals surface area (Å²) in [6, 6.07) is 3.79. The van der Waals surface area contributed by atoms with E-state index in [0.717, 1.165) is 25.2 Å². The number of nitrogens with zero attached hydrogens (tertiary/aromatic N) is 2. The molecule has 3 N–H and O–H groups in total. The number of rotatable bonds is 2. The van der Waals surface area contributed by atoms with Crippen molar-refractivity contribution < 1.29 is 0 Å². The van der Waals surface area contributed by atoms with Gasteiger partial charge >= 0.3 is 0 Å². The van der Waals surface area contributed by atoms with Gasteiger partial charge in [0.05, 0.1) is 5.69 Å². The lowest BCUT2D eigenvalue weighted by Gasteiger charge is -2.21. The number of anilines is 1. The van der Waals surface area contributed by atoms with Gasteiger partial charge in [-0.05, 0) is 50.4 Å². The monoisotopic (exact) mass is 192 g/mol. The average Bonchev–Trinajstić information content (AvgIpc) is 2.23. The van der Waals surface area contributed by atoms with Gasteiger partial charge < -0.3 is 11.1 Å². The van der Waals surface area contributed by atoms with Gasteiger partial charge in [0.15, 0.2) is 0 Å². The summed E-state index contributed by atoms with van der Waals surface area (Å²) in [6.07, 6.45) is 3.58. The number of aromatic nitrogens is 2. The summed E-state index contributed by atoms with van der Waals surface area (Å²) in [5.41, 5.74) is 6.52. The second kappa shape index (κ2) is 4.37. The summed E-state index contributed by atoms with van der Waals surface area (Å²) in [4.78, 5) is 0. The maximum absolute atomic E-state index is 5.47. The molecule has 0 bridgehead atoms. The normalized spacial score (nSPS) is 22.1. The van der Waals surface area contributed by atoms with E-state index in [2.05, 4.69) is 15.5 Å². The van der Waals surface area contributed by atoms with E-state index in [0.29, 0.717) is 11.7 Å². The molecule has 2 heterocycles.